The molecule has 4 heterocycles. The standard InChI is InChI=1S/C21H17FN6O/c1-21(2)14-10-24-18(25-17(14)26-20(21)29)16-13-7-5-9-23-19(13)28(27-16)11-12-6-3-4-8-15(12)22/h3-10H,11H2,1-2H3,(H,24,25,26,29). The van der Waals surface area contributed by atoms with E-state index in [0.717, 1.165) is 10.9 Å². The van der Waals surface area contributed by atoms with Crippen molar-refractivity contribution in [3.05, 3.63) is 65.7 Å². The number of aromatic nitrogens is 5. The van der Waals surface area contributed by atoms with Crippen LogP contribution in [0.2, 0.25) is 0 Å². The molecule has 0 unspecified atom stereocenters. The van der Waals surface area contributed by atoms with E-state index in [1.165, 1.54) is 6.07 Å². The van der Waals surface area contributed by atoms with Crippen molar-refractivity contribution in [2.45, 2.75) is 25.8 Å². The van der Waals surface area contributed by atoms with Crippen LogP contribution in [0.3, 0.4) is 0 Å². The fourth-order valence-corrected chi connectivity index (χ4v) is 3.51. The molecule has 1 aliphatic rings. The molecule has 29 heavy (non-hydrogen) atoms. The largest absolute Gasteiger partial charge is 0.310 e. The predicted octanol–water partition coefficient (Wildman–Crippen LogP) is 3.31. The summed E-state index contributed by atoms with van der Waals surface area (Å²) in [5, 5.41) is 8.19. The number of pyridine rings is 1. The summed E-state index contributed by atoms with van der Waals surface area (Å²) in [5.41, 5.74) is 1.73. The van der Waals surface area contributed by atoms with Gasteiger partial charge >= 0.3 is 0 Å². The van der Waals surface area contributed by atoms with Gasteiger partial charge in [-0.05, 0) is 32.0 Å². The van der Waals surface area contributed by atoms with Crippen LogP contribution in [0.5, 0.6) is 0 Å². The lowest BCUT2D eigenvalue weighted by Gasteiger charge is -2.13. The smallest absolute Gasteiger partial charge is 0.235 e. The van der Waals surface area contributed by atoms with E-state index in [0.29, 0.717) is 28.5 Å². The first-order chi connectivity index (χ1) is 13.9. The van der Waals surface area contributed by atoms with Gasteiger partial charge in [-0.2, -0.15) is 5.10 Å². The third-order valence-corrected chi connectivity index (χ3v) is 5.26. The second-order valence-corrected chi connectivity index (χ2v) is 7.51. The summed E-state index contributed by atoms with van der Waals surface area (Å²) < 4.78 is 15.8. The van der Waals surface area contributed by atoms with E-state index in [1.807, 2.05) is 19.9 Å². The normalized spacial score (nSPS) is 14.8. The molecular weight excluding hydrogens is 371 g/mol. The lowest BCUT2D eigenvalue weighted by Crippen LogP contribution is -2.26. The number of halogens is 1. The Labute approximate surface area is 165 Å². The molecule has 0 bridgehead atoms. The van der Waals surface area contributed by atoms with Gasteiger partial charge < -0.3 is 5.32 Å². The van der Waals surface area contributed by atoms with Gasteiger partial charge in [0.2, 0.25) is 5.91 Å². The summed E-state index contributed by atoms with van der Waals surface area (Å²) in [6, 6.07) is 10.3. The Balaban J connectivity index is 1.63. The van der Waals surface area contributed by atoms with Crippen LogP contribution in [-0.2, 0) is 16.8 Å². The van der Waals surface area contributed by atoms with Gasteiger partial charge in [-0.15, -0.1) is 0 Å². The molecule has 0 saturated carbocycles. The third-order valence-electron chi connectivity index (χ3n) is 5.26. The van der Waals surface area contributed by atoms with Crippen LogP contribution >= 0.6 is 0 Å². The Morgan fingerprint density at radius 1 is 1.14 bits per heavy atom. The van der Waals surface area contributed by atoms with Crippen LogP contribution in [-0.4, -0.2) is 30.6 Å². The quantitative estimate of drug-likeness (QED) is 0.582. The Kier molecular flexibility index (Phi) is 3.70. The van der Waals surface area contributed by atoms with E-state index in [-0.39, 0.29) is 18.3 Å². The maximum atomic E-state index is 14.1. The van der Waals surface area contributed by atoms with Crippen molar-refractivity contribution in [1.29, 1.82) is 0 Å². The molecule has 5 rings (SSSR count). The summed E-state index contributed by atoms with van der Waals surface area (Å²) in [7, 11) is 0. The highest BCUT2D eigenvalue weighted by Gasteiger charge is 2.40. The molecule has 1 amide bonds. The molecule has 1 N–H and O–H groups in total. The molecule has 0 aliphatic carbocycles. The van der Waals surface area contributed by atoms with Gasteiger partial charge in [0.05, 0.1) is 17.3 Å². The van der Waals surface area contributed by atoms with Gasteiger partial charge in [0.15, 0.2) is 11.5 Å². The fourth-order valence-electron chi connectivity index (χ4n) is 3.51. The number of rotatable bonds is 3. The number of fused-ring (bicyclic) bond motifs is 2. The highest BCUT2D eigenvalue weighted by atomic mass is 19.1. The van der Waals surface area contributed by atoms with E-state index < -0.39 is 5.41 Å². The minimum absolute atomic E-state index is 0.115. The zero-order valence-electron chi connectivity index (χ0n) is 15.8. The van der Waals surface area contributed by atoms with Gasteiger partial charge in [-0.3, -0.25) is 4.79 Å². The first-order valence-corrected chi connectivity index (χ1v) is 9.19. The van der Waals surface area contributed by atoms with Gasteiger partial charge in [-0.1, -0.05) is 18.2 Å². The summed E-state index contributed by atoms with van der Waals surface area (Å²) in [5.74, 6) is 0.459. The monoisotopic (exact) mass is 388 g/mol. The first kappa shape index (κ1) is 17.4. The number of nitrogens with zero attached hydrogens (tertiary/aromatic N) is 5. The molecule has 8 heteroatoms. The number of carbonyl (C=O) groups is 1. The molecular formula is C21H17FN6O. The molecule has 3 aromatic heterocycles. The van der Waals surface area contributed by atoms with Crippen molar-refractivity contribution in [1.82, 2.24) is 24.7 Å². The predicted molar refractivity (Wildman–Crippen MR) is 106 cm³/mol. The van der Waals surface area contributed by atoms with Crippen LogP contribution < -0.4 is 5.32 Å². The van der Waals surface area contributed by atoms with E-state index in [9.17, 15) is 9.18 Å². The molecule has 144 valence electrons. The Morgan fingerprint density at radius 2 is 1.97 bits per heavy atom. The van der Waals surface area contributed by atoms with E-state index in [2.05, 4.69) is 25.4 Å². The number of amides is 1. The molecule has 0 saturated heterocycles. The third kappa shape index (κ3) is 2.67. The number of hydrogen-bond acceptors (Lipinski definition) is 5. The lowest BCUT2D eigenvalue weighted by molar-refractivity contribution is -0.119. The maximum absolute atomic E-state index is 14.1. The van der Waals surface area contributed by atoms with Crippen molar-refractivity contribution >= 4 is 22.8 Å². The molecule has 0 atom stereocenters. The van der Waals surface area contributed by atoms with Crippen LogP contribution in [0.4, 0.5) is 10.2 Å². The molecule has 4 aromatic rings. The summed E-state index contributed by atoms with van der Waals surface area (Å²) in [6.45, 7) is 3.90. The van der Waals surface area contributed by atoms with Gasteiger partial charge in [0.1, 0.15) is 17.3 Å². The average molecular weight is 388 g/mol. The Bertz CT molecular complexity index is 1280. The topological polar surface area (TPSA) is 85.6 Å². The zero-order chi connectivity index (χ0) is 20.2. The Hall–Kier alpha value is -3.68. The van der Waals surface area contributed by atoms with Crippen molar-refractivity contribution in [2.24, 2.45) is 0 Å². The van der Waals surface area contributed by atoms with Gasteiger partial charge in [-0.25, -0.2) is 24.0 Å². The highest BCUT2D eigenvalue weighted by molar-refractivity contribution is 6.04. The molecule has 1 aromatic carbocycles. The minimum Gasteiger partial charge on any atom is -0.310 e. The fraction of sp³-hybridized carbons (Fsp3) is 0.190. The van der Waals surface area contributed by atoms with Crippen LogP contribution in [0.25, 0.3) is 22.6 Å². The summed E-state index contributed by atoms with van der Waals surface area (Å²) >= 11 is 0. The molecule has 1 aliphatic heterocycles. The van der Waals surface area contributed by atoms with Crippen LogP contribution in [0, 0.1) is 5.82 Å². The van der Waals surface area contributed by atoms with Gasteiger partial charge in [0.25, 0.3) is 0 Å². The number of hydrogen-bond donors (Lipinski definition) is 1. The second kappa shape index (κ2) is 6.16. The lowest BCUT2D eigenvalue weighted by atomic mass is 9.88. The molecule has 0 radical (unpaired) electrons. The van der Waals surface area contributed by atoms with Crippen molar-refractivity contribution in [2.75, 3.05) is 5.32 Å². The summed E-state index contributed by atoms with van der Waals surface area (Å²) in [4.78, 5) is 25.6. The van der Waals surface area contributed by atoms with Crippen LogP contribution in [0.15, 0.2) is 48.8 Å². The van der Waals surface area contributed by atoms with Crippen LogP contribution in [0.1, 0.15) is 25.0 Å². The molecule has 7 nitrogen and oxygen atoms in total. The number of carbonyl (C=O) groups excluding carboxylic acids is 1. The molecule has 0 spiro atoms. The average Bonchev–Trinajstić information content (AvgIpc) is 3.18. The van der Waals surface area contributed by atoms with Crippen molar-refractivity contribution in [3.8, 4) is 11.5 Å². The maximum Gasteiger partial charge on any atom is 0.235 e. The SMILES string of the molecule is CC1(C)C(=O)Nc2nc(-c3nn(Cc4ccccc4F)c4ncccc34)ncc21. The van der Waals surface area contributed by atoms with E-state index >= 15 is 0 Å². The highest BCUT2D eigenvalue weighted by Crippen LogP contribution is 2.37. The number of benzene rings is 1. The Morgan fingerprint density at radius 3 is 2.79 bits per heavy atom. The summed E-state index contributed by atoms with van der Waals surface area (Å²) in [6.07, 6.45) is 3.32. The van der Waals surface area contributed by atoms with E-state index in [4.69, 9.17) is 0 Å². The van der Waals surface area contributed by atoms with Gasteiger partial charge in [0, 0.05) is 23.5 Å². The minimum atomic E-state index is -0.679. The van der Waals surface area contributed by atoms with E-state index in [1.54, 1.807) is 41.3 Å². The number of anilines is 1. The molecule has 0 fully saturated rings. The number of nitrogens with one attached hydrogen (secondary N) is 1. The first-order valence-electron chi connectivity index (χ1n) is 9.19. The van der Waals surface area contributed by atoms with Crippen molar-refractivity contribution in [3.63, 3.8) is 0 Å². The van der Waals surface area contributed by atoms with Crippen molar-refractivity contribution < 1.29 is 9.18 Å². The second-order valence-electron chi connectivity index (χ2n) is 7.51. The zero-order valence-corrected chi connectivity index (χ0v) is 15.8.